The molecule has 0 aromatic rings. The van der Waals surface area contributed by atoms with Crippen LogP contribution in [-0.2, 0) is 14.5 Å². The highest BCUT2D eigenvalue weighted by molar-refractivity contribution is 9.09. The van der Waals surface area contributed by atoms with E-state index in [0.717, 1.165) is 0 Å². The molecule has 1 rings (SSSR count). The SMILES string of the molecule is F[C@]1(CBr)OO[C@](F)(CBr)O1. The van der Waals surface area contributed by atoms with Gasteiger partial charge in [0, 0.05) is 0 Å². The van der Waals surface area contributed by atoms with Crippen LogP contribution in [0.15, 0.2) is 0 Å². The van der Waals surface area contributed by atoms with Crippen molar-refractivity contribution >= 4 is 31.9 Å². The molecular formula is C4H4Br2F2O3. The molecule has 0 unspecified atom stereocenters. The minimum atomic E-state index is -2.54. The first-order valence-corrected chi connectivity index (χ1v) is 4.85. The molecule has 3 nitrogen and oxygen atoms in total. The van der Waals surface area contributed by atoms with Gasteiger partial charge in [-0.2, -0.15) is 18.6 Å². The van der Waals surface area contributed by atoms with Gasteiger partial charge in [-0.05, 0) is 0 Å². The van der Waals surface area contributed by atoms with Gasteiger partial charge in [0.05, 0.1) is 10.7 Å². The second-order valence-corrected chi connectivity index (χ2v) is 2.98. The number of ether oxygens (including phenoxy) is 1. The van der Waals surface area contributed by atoms with Crippen molar-refractivity contribution in [1.29, 1.82) is 0 Å². The normalized spacial score (nSPS) is 44.7. The Kier molecular flexibility index (Phi) is 2.86. The van der Waals surface area contributed by atoms with E-state index in [-0.39, 0.29) is 10.7 Å². The molecule has 0 aliphatic carbocycles. The number of hydrogen-bond donors (Lipinski definition) is 0. The molecule has 7 heteroatoms. The molecule has 1 heterocycles. The fraction of sp³-hybridized carbons (Fsp3) is 1.00. The quantitative estimate of drug-likeness (QED) is 0.576. The molecule has 1 aliphatic heterocycles. The van der Waals surface area contributed by atoms with E-state index >= 15 is 0 Å². The van der Waals surface area contributed by atoms with E-state index < -0.39 is 12.1 Å². The van der Waals surface area contributed by atoms with Crippen LogP contribution in [0.4, 0.5) is 8.78 Å². The first-order valence-electron chi connectivity index (χ1n) is 2.60. The van der Waals surface area contributed by atoms with Gasteiger partial charge in [0.1, 0.15) is 0 Å². The molecule has 0 bridgehead atoms. The predicted molar refractivity (Wildman–Crippen MR) is 38.5 cm³/mol. The molecule has 0 radical (unpaired) electrons. The van der Waals surface area contributed by atoms with E-state index in [1.807, 2.05) is 0 Å². The Labute approximate surface area is 78.2 Å². The molecule has 2 atom stereocenters. The van der Waals surface area contributed by atoms with Crippen molar-refractivity contribution < 1.29 is 23.3 Å². The summed E-state index contributed by atoms with van der Waals surface area (Å²) in [5, 5.41) is -0.642. The van der Waals surface area contributed by atoms with E-state index in [1.165, 1.54) is 0 Å². The van der Waals surface area contributed by atoms with Crippen LogP contribution in [0.25, 0.3) is 0 Å². The molecule has 1 fully saturated rings. The topological polar surface area (TPSA) is 27.7 Å². The molecule has 1 aliphatic rings. The van der Waals surface area contributed by atoms with Gasteiger partial charge >= 0.3 is 12.1 Å². The maximum Gasteiger partial charge on any atom is 0.361 e. The number of halogens is 4. The smallest absolute Gasteiger partial charge is 0.257 e. The summed E-state index contributed by atoms with van der Waals surface area (Å²) in [5.74, 6) is 0. The number of rotatable bonds is 2. The molecule has 66 valence electrons. The third-order valence-electron chi connectivity index (χ3n) is 0.915. The van der Waals surface area contributed by atoms with Gasteiger partial charge in [-0.3, -0.25) is 4.74 Å². The van der Waals surface area contributed by atoms with Gasteiger partial charge in [0.2, 0.25) is 0 Å². The summed E-state index contributed by atoms with van der Waals surface area (Å²) in [6.45, 7) is 0. The lowest BCUT2D eigenvalue weighted by Gasteiger charge is -2.13. The third-order valence-corrected chi connectivity index (χ3v) is 2.25. The van der Waals surface area contributed by atoms with Crippen LogP contribution in [0.1, 0.15) is 0 Å². The Hall–Kier alpha value is 0.700. The van der Waals surface area contributed by atoms with Crippen molar-refractivity contribution in [2.45, 2.75) is 12.1 Å². The van der Waals surface area contributed by atoms with Crippen molar-refractivity contribution in [2.75, 3.05) is 10.7 Å². The van der Waals surface area contributed by atoms with Crippen molar-refractivity contribution in [1.82, 2.24) is 0 Å². The fourth-order valence-corrected chi connectivity index (χ4v) is 0.901. The van der Waals surface area contributed by atoms with E-state index in [1.54, 1.807) is 0 Å². The van der Waals surface area contributed by atoms with Crippen LogP contribution in [0.2, 0.25) is 0 Å². The van der Waals surface area contributed by atoms with Crippen molar-refractivity contribution in [3.05, 3.63) is 0 Å². The molecular weight excluding hydrogens is 294 g/mol. The molecule has 0 spiro atoms. The highest BCUT2D eigenvalue weighted by Gasteiger charge is 2.53. The Bertz CT molecular complexity index is 144. The van der Waals surface area contributed by atoms with Crippen LogP contribution in [-0.4, -0.2) is 22.7 Å². The molecule has 0 amide bonds. The highest BCUT2D eigenvalue weighted by Crippen LogP contribution is 2.37. The van der Waals surface area contributed by atoms with E-state index in [4.69, 9.17) is 0 Å². The molecule has 0 aromatic heterocycles. The number of alkyl halides is 4. The Morgan fingerprint density at radius 1 is 1.00 bits per heavy atom. The van der Waals surface area contributed by atoms with Gasteiger partial charge in [0.25, 0.3) is 0 Å². The maximum absolute atomic E-state index is 12.8. The van der Waals surface area contributed by atoms with Gasteiger partial charge < -0.3 is 0 Å². The predicted octanol–water partition coefficient (Wildman–Crippen LogP) is 2.00. The second kappa shape index (κ2) is 3.21. The largest absolute Gasteiger partial charge is 0.361 e. The zero-order valence-electron chi connectivity index (χ0n) is 5.15. The average molecular weight is 298 g/mol. The Balaban J connectivity index is 2.58. The van der Waals surface area contributed by atoms with Crippen LogP contribution in [0, 0.1) is 0 Å². The van der Waals surface area contributed by atoms with Crippen molar-refractivity contribution in [2.24, 2.45) is 0 Å². The minimum absolute atomic E-state index is 0.321. The van der Waals surface area contributed by atoms with Crippen LogP contribution >= 0.6 is 31.9 Å². The van der Waals surface area contributed by atoms with Gasteiger partial charge in [0.15, 0.2) is 0 Å². The molecule has 1 saturated heterocycles. The monoisotopic (exact) mass is 296 g/mol. The van der Waals surface area contributed by atoms with Gasteiger partial charge in [-0.1, -0.05) is 31.9 Å². The summed E-state index contributed by atoms with van der Waals surface area (Å²) in [6.07, 6.45) is 0. The summed E-state index contributed by atoms with van der Waals surface area (Å²) in [5.41, 5.74) is 0. The summed E-state index contributed by atoms with van der Waals surface area (Å²) in [6, 6.07) is -5.08. The van der Waals surface area contributed by atoms with Gasteiger partial charge in [-0.15, -0.1) is 0 Å². The van der Waals surface area contributed by atoms with Crippen molar-refractivity contribution in [3.63, 3.8) is 0 Å². The average Bonchev–Trinajstić information content (AvgIpc) is 2.30. The number of hydrogen-bond acceptors (Lipinski definition) is 3. The van der Waals surface area contributed by atoms with Crippen LogP contribution in [0.3, 0.4) is 0 Å². The summed E-state index contributed by atoms with van der Waals surface area (Å²) in [4.78, 5) is 7.91. The fourth-order valence-electron chi connectivity index (χ4n) is 0.485. The first-order chi connectivity index (χ1) is 5.04. The second-order valence-electron chi connectivity index (χ2n) is 1.86. The van der Waals surface area contributed by atoms with Crippen LogP contribution in [0.5, 0.6) is 0 Å². The zero-order valence-corrected chi connectivity index (χ0v) is 8.32. The Morgan fingerprint density at radius 3 is 1.55 bits per heavy atom. The van der Waals surface area contributed by atoms with E-state index in [2.05, 4.69) is 46.4 Å². The third kappa shape index (κ3) is 2.09. The highest BCUT2D eigenvalue weighted by atomic mass is 79.9. The summed E-state index contributed by atoms with van der Waals surface area (Å²) >= 11 is 5.45. The lowest BCUT2D eigenvalue weighted by molar-refractivity contribution is -0.386. The van der Waals surface area contributed by atoms with Crippen molar-refractivity contribution in [3.8, 4) is 0 Å². The van der Waals surface area contributed by atoms with E-state index in [0.29, 0.717) is 0 Å². The van der Waals surface area contributed by atoms with Gasteiger partial charge in [-0.25, -0.2) is 0 Å². The standard InChI is InChI=1S/C4H4Br2F2O3/c5-1-3(7)9-4(8,2-6)11-10-3/h1-2H2/t3-,4-/m0/s1. The minimum Gasteiger partial charge on any atom is -0.257 e. The molecule has 11 heavy (non-hydrogen) atoms. The Morgan fingerprint density at radius 2 is 1.36 bits per heavy atom. The van der Waals surface area contributed by atoms with Crippen LogP contribution < -0.4 is 0 Å². The first kappa shape index (κ1) is 9.79. The molecule has 0 N–H and O–H groups in total. The maximum atomic E-state index is 12.8. The molecule has 0 aromatic carbocycles. The summed E-state index contributed by atoms with van der Waals surface area (Å²) in [7, 11) is 0. The molecule has 0 saturated carbocycles. The van der Waals surface area contributed by atoms with E-state index in [9.17, 15) is 8.78 Å². The summed E-state index contributed by atoms with van der Waals surface area (Å²) < 4.78 is 29.9. The lowest BCUT2D eigenvalue weighted by Crippen LogP contribution is -2.32. The lowest BCUT2D eigenvalue weighted by atomic mass is 10.6. The zero-order chi connectivity index (χ0) is 8.54.